The highest BCUT2D eigenvalue weighted by Gasteiger charge is 2.25. The fourth-order valence-electron chi connectivity index (χ4n) is 2.48. The van der Waals surface area contributed by atoms with Gasteiger partial charge in [0.15, 0.2) is 5.65 Å². The number of rotatable bonds is 2. The van der Waals surface area contributed by atoms with Gasteiger partial charge in [0, 0.05) is 12.7 Å². The van der Waals surface area contributed by atoms with Crippen LogP contribution in [0.3, 0.4) is 0 Å². The molecule has 2 aromatic rings. The molecular weight excluding hydrogens is 316 g/mol. The summed E-state index contributed by atoms with van der Waals surface area (Å²) < 4.78 is 30.1. The molecule has 0 radical (unpaired) electrons. The van der Waals surface area contributed by atoms with E-state index in [1.165, 1.54) is 6.20 Å². The van der Waals surface area contributed by atoms with Crippen LogP contribution in [-0.4, -0.2) is 54.4 Å². The van der Waals surface area contributed by atoms with Gasteiger partial charge in [0.1, 0.15) is 5.82 Å². The summed E-state index contributed by atoms with van der Waals surface area (Å²) in [6.45, 7) is 3.89. The standard InChI is InChI=1S/C12H15ClN4O3S/c1-8-7-20-6-5-16(8)10-9-3-4-17(21(2,18)19)11(9)15-12(13)14-10/h3-4,8H,5-7H2,1-2H3. The number of fused-ring (bicyclic) bond motifs is 1. The molecule has 1 fully saturated rings. The average molecular weight is 331 g/mol. The van der Waals surface area contributed by atoms with Crippen molar-refractivity contribution in [2.24, 2.45) is 0 Å². The maximum atomic E-state index is 11.8. The van der Waals surface area contributed by atoms with Gasteiger partial charge in [0.2, 0.25) is 15.3 Å². The quantitative estimate of drug-likeness (QED) is 0.768. The summed E-state index contributed by atoms with van der Waals surface area (Å²) in [5.41, 5.74) is 0.297. The molecule has 3 heterocycles. The molecule has 0 aromatic carbocycles. The Bertz CT molecular complexity index is 789. The van der Waals surface area contributed by atoms with Gasteiger partial charge in [0.05, 0.1) is 30.9 Å². The molecule has 0 aliphatic carbocycles. The van der Waals surface area contributed by atoms with Gasteiger partial charge in [-0.1, -0.05) is 0 Å². The van der Waals surface area contributed by atoms with Gasteiger partial charge >= 0.3 is 0 Å². The molecule has 1 saturated heterocycles. The van der Waals surface area contributed by atoms with Crippen LogP contribution in [0.1, 0.15) is 6.92 Å². The van der Waals surface area contributed by atoms with E-state index in [0.717, 1.165) is 10.2 Å². The van der Waals surface area contributed by atoms with Crippen molar-refractivity contribution in [2.75, 3.05) is 30.9 Å². The number of hydrogen-bond donors (Lipinski definition) is 0. The number of morpholine rings is 1. The van der Waals surface area contributed by atoms with E-state index in [1.807, 2.05) is 6.92 Å². The van der Waals surface area contributed by atoms with Gasteiger partial charge in [0.25, 0.3) is 0 Å². The van der Waals surface area contributed by atoms with Crippen LogP contribution in [0, 0.1) is 0 Å². The lowest BCUT2D eigenvalue weighted by Gasteiger charge is -2.34. The highest BCUT2D eigenvalue weighted by atomic mass is 35.5. The average Bonchev–Trinajstić information content (AvgIpc) is 2.82. The topological polar surface area (TPSA) is 77.3 Å². The molecule has 0 bridgehead atoms. The Labute approximate surface area is 127 Å². The van der Waals surface area contributed by atoms with Crippen molar-refractivity contribution in [1.29, 1.82) is 0 Å². The third kappa shape index (κ3) is 2.58. The summed E-state index contributed by atoms with van der Waals surface area (Å²) >= 11 is 5.98. The van der Waals surface area contributed by atoms with Crippen LogP contribution < -0.4 is 4.90 Å². The van der Waals surface area contributed by atoms with E-state index in [-0.39, 0.29) is 11.3 Å². The summed E-state index contributed by atoms with van der Waals surface area (Å²) in [6.07, 6.45) is 2.60. The fourth-order valence-corrected chi connectivity index (χ4v) is 3.37. The molecule has 0 spiro atoms. The van der Waals surface area contributed by atoms with Gasteiger partial charge in [-0.3, -0.25) is 0 Å². The number of halogens is 1. The van der Waals surface area contributed by atoms with Crippen LogP contribution >= 0.6 is 11.6 Å². The summed E-state index contributed by atoms with van der Waals surface area (Å²) in [5.74, 6) is 0.642. The SMILES string of the molecule is CC1COCCN1c1nc(Cl)nc2c1ccn2S(C)(=O)=O. The van der Waals surface area contributed by atoms with E-state index in [4.69, 9.17) is 16.3 Å². The Morgan fingerprint density at radius 2 is 2.19 bits per heavy atom. The van der Waals surface area contributed by atoms with Crippen LogP contribution in [0.4, 0.5) is 5.82 Å². The normalized spacial score (nSPS) is 20.1. The van der Waals surface area contributed by atoms with Crippen molar-refractivity contribution in [3.8, 4) is 0 Å². The smallest absolute Gasteiger partial charge is 0.237 e. The lowest BCUT2D eigenvalue weighted by Crippen LogP contribution is -2.44. The Hall–Kier alpha value is -1.38. The predicted octanol–water partition coefficient (Wildman–Crippen LogP) is 1.12. The first-order valence-corrected chi connectivity index (χ1v) is 8.70. The summed E-state index contributed by atoms with van der Waals surface area (Å²) in [5, 5.41) is 0.693. The number of anilines is 1. The number of aromatic nitrogens is 3. The van der Waals surface area contributed by atoms with Crippen molar-refractivity contribution < 1.29 is 13.2 Å². The van der Waals surface area contributed by atoms with E-state index < -0.39 is 10.0 Å². The second kappa shape index (κ2) is 5.11. The van der Waals surface area contributed by atoms with Gasteiger partial charge < -0.3 is 9.64 Å². The zero-order valence-corrected chi connectivity index (χ0v) is 13.2. The van der Waals surface area contributed by atoms with Gasteiger partial charge in [-0.2, -0.15) is 9.97 Å². The van der Waals surface area contributed by atoms with Crippen molar-refractivity contribution in [1.82, 2.24) is 13.9 Å². The monoisotopic (exact) mass is 330 g/mol. The first-order chi connectivity index (χ1) is 9.88. The van der Waals surface area contributed by atoms with Crippen molar-refractivity contribution in [2.45, 2.75) is 13.0 Å². The van der Waals surface area contributed by atoms with Gasteiger partial charge in [-0.05, 0) is 24.6 Å². The van der Waals surface area contributed by atoms with Crippen molar-refractivity contribution in [3.63, 3.8) is 0 Å². The summed E-state index contributed by atoms with van der Waals surface area (Å²) in [6, 6.07) is 1.83. The molecule has 114 valence electrons. The summed E-state index contributed by atoms with van der Waals surface area (Å²) in [7, 11) is -3.44. The number of nitrogens with zero attached hydrogens (tertiary/aromatic N) is 4. The largest absolute Gasteiger partial charge is 0.377 e. The minimum Gasteiger partial charge on any atom is -0.377 e. The predicted molar refractivity (Wildman–Crippen MR) is 80.4 cm³/mol. The molecule has 0 saturated carbocycles. The van der Waals surface area contributed by atoms with Crippen LogP contribution in [0.5, 0.6) is 0 Å². The van der Waals surface area contributed by atoms with E-state index in [2.05, 4.69) is 14.9 Å². The highest BCUT2D eigenvalue weighted by Crippen LogP contribution is 2.29. The van der Waals surface area contributed by atoms with E-state index in [1.54, 1.807) is 6.07 Å². The molecule has 0 N–H and O–H groups in total. The lowest BCUT2D eigenvalue weighted by atomic mass is 10.2. The second-order valence-corrected chi connectivity index (χ2v) is 7.24. The number of ether oxygens (including phenoxy) is 1. The molecule has 7 nitrogen and oxygen atoms in total. The minimum absolute atomic E-state index is 0.0276. The van der Waals surface area contributed by atoms with Crippen LogP contribution in [-0.2, 0) is 14.8 Å². The molecule has 3 rings (SSSR count). The zero-order valence-electron chi connectivity index (χ0n) is 11.7. The Balaban J connectivity index is 2.22. The Kier molecular flexibility index (Phi) is 3.54. The van der Waals surface area contributed by atoms with E-state index >= 15 is 0 Å². The third-order valence-electron chi connectivity index (χ3n) is 3.46. The highest BCUT2D eigenvalue weighted by molar-refractivity contribution is 7.89. The summed E-state index contributed by atoms with van der Waals surface area (Å²) in [4.78, 5) is 10.4. The van der Waals surface area contributed by atoms with Crippen LogP contribution in [0.25, 0.3) is 11.0 Å². The molecule has 1 unspecified atom stereocenters. The lowest BCUT2D eigenvalue weighted by molar-refractivity contribution is 0.0987. The van der Waals surface area contributed by atoms with Gasteiger partial charge in [-0.25, -0.2) is 12.4 Å². The molecule has 1 atom stereocenters. The third-order valence-corrected chi connectivity index (χ3v) is 4.64. The second-order valence-electron chi connectivity index (χ2n) is 5.05. The molecule has 0 amide bonds. The molecular formula is C12H15ClN4O3S. The van der Waals surface area contributed by atoms with Crippen LogP contribution in [0.2, 0.25) is 5.28 Å². The van der Waals surface area contributed by atoms with Crippen LogP contribution in [0.15, 0.2) is 12.3 Å². The molecule has 1 aliphatic heterocycles. The Morgan fingerprint density at radius 1 is 1.43 bits per heavy atom. The van der Waals surface area contributed by atoms with Crippen molar-refractivity contribution in [3.05, 3.63) is 17.5 Å². The fraction of sp³-hybridized carbons (Fsp3) is 0.500. The maximum absolute atomic E-state index is 11.8. The van der Waals surface area contributed by atoms with Crippen molar-refractivity contribution >= 4 is 38.5 Å². The molecule has 9 heteroatoms. The molecule has 21 heavy (non-hydrogen) atoms. The van der Waals surface area contributed by atoms with E-state index in [0.29, 0.717) is 36.6 Å². The first kappa shape index (κ1) is 14.6. The maximum Gasteiger partial charge on any atom is 0.237 e. The molecule has 2 aromatic heterocycles. The number of hydrogen-bond acceptors (Lipinski definition) is 6. The Morgan fingerprint density at radius 3 is 2.86 bits per heavy atom. The van der Waals surface area contributed by atoms with Gasteiger partial charge in [-0.15, -0.1) is 0 Å². The zero-order chi connectivity index (χ0) is 15.2. The first-order valence-electron chi connectivity index (χ1n) is 6.47. The van der Waals surface area contributed by atoms with E-state index in [9.17, 15) is 8.42 Å². The molecule has 1 aliphatic rings. The minimum atomic E-state index is -3.44.